The molecule has 1 aromatic rings. The summed E-state index contributed by atoms with van der Waals surface area (Å²) < 4.78 is 0. The zero-order valence-corrected chi connectivity index (χ0v) is 9.83. The number of nitrogens with two attached hydrogens (primary N) is 1. The lowest BCUT2D eigenvalue weighted by atomic mass is 10.1. The van der Waals surface area contributed by atoms with Crippen molar-refractivity contribution in [1.82, 2.24) is 0 Å². The SMILES string of the molecule is Cc1cccc(C)c1NCCCC(N)=NO. The van der Waals surface area contributed by atoms with Gasteiger partial charge >= 0.3 is 0 Å². The molecule has 88 valence electrons. The second-order valence-electron chi connectivity index (χ2n) is 3.89. The maximum Gasteiger partial charge on any atom is 0.139 e. The van der Waals surface area contributed by atoms with Crippen LogP contribution in [0.5, 0.6) is 0 Å². The topological polar surface area (TPSA) is 70.6 Å². The third kappa shape index (κ3) is 3.46. The van der Waals surface area contributed by atoms with Crippen LogP contribution in [0.4, 0.5) is 5.69 Å². The molecule has 4 nitrogen and oxygen atoms in total. The highest BCUT2D eigenvalue weighted by Gasteiger charge is 2.00. The fourth-order valence-electron chi connectivity index (χ4n) is 1.63. The first kappa shape index (κ1) is 12.4. The molecular formula is C12H19N3O. The third-order valence-electron chi connectivity index (χ3n) is 2.52. The zero-order valence-electron chi connectivity index (χ0n) is 9.83. The summed E-state index contributed by atoms with van der Waals surface area (Å²) in [5, 5.41) is 14.7. The average Bonchev–Trinajstić information content (AvgIpc) is 2.27. The van der Waals surface area contributed by atoms with E-state index in [0.717, 1.165) is 13.0 Å². The first-order valence-electron chi connectivity index (χ1n) is 5.41. The summed E-state index contributed by atoms with van der Waals surface area (Å²) in [6.45, 7) is 4.99. The van der Waals surface area contributed by atoms with E-state index in [0.29, 0.717) is 6.42 Å². The van der Waals surface area contributed by atoms with Gasteiger partial charge in [-0.15, -0.1) is 0 Å². The second kappa shape index (κ2) is 6.00. The summed E-state index contributed by atoms with van der Waals surface area (Å²) in [5.74, 6) is 0.281. The van der Waals surface area contributed by atoms with Gasteiger partial charge in [0.05, 0.1) is 0 Å². The number of oxime groups is 1. The van der Waals surface area contributed by atoms with Crippen molar-refractivity contribution in [2.75, 3.05) is 11.9 Å². The number of hydrogen-bond acceptors (Lipinski definition) is 3. The summed E-state index contributed by atoms with van der Waals surface area (Å²) >= 11 is 0. The first-order chi connectivity index (χ1) is 7.65. The van der Waals surface area contributed by atoms with Crippen molar-refractivity contribution in [1.29, 1.82) is 0 Å². The predicted molar refractivity (Wildman–Crippen MR) is 67.0 cm³/mol. The molecule has 0 spiro atoms. The summed E-state index contributed by atoms with van der Waals surface area (Å²) in [5.41, 5.74) is 9.05. The van der Waals surface area contributed by atoms with Gasteiger partial charge in [0.15, 0.2) is 0 Å². The molecule has 0 unspecified atom stereocenters. The van der Waals surface area contributed by atoms with E-state index < -0.39 is 0 Å². The van der Waals surface area contributed by atoms with Gasteiger partial charge in [-0.25, -0.2) is 0 Å². The number of para-hydroxylation sites is 1. The minimum Gasteiger partial charge on any atom is -0.409 e. The number of benzene rings is 1. The Kier molecular flexibility index (Phi) is 4.64. The highest BCUT2D eigenvalue weighted by Crippen LogP contribution is 2.19. The van der Waals surface area contributed by atoms with Crippen LogP contribution >= 0.6 is 0 Å². The second-order valence-corrected chi connectivity index (χ2v) is 3.89. The molecule has 1 aromatic carbocycles. The van der Waals surface area contributed by atoms with Gasteiger partial charge in [-0.1, -0.05) is 23.4 Å². The van der Waals surface area contributed by atoms with E-state index >= 15 is 0 Å². The van der Waals surface area contributed by atoms with Crippen LogP contribution in [0.3, 0.4) is 0 Å². The van der Waals surface area contributed by atoms with Crippen LogP contribution in [0.1, 0.15) is 24.0 Å². The Labute approximate surface area is 96.2 Å². The predicted octanol–water partition coefficient (Wildman–Crippen LogP) is 2.24. The Morgan fingerprint density at radius 2 is 2.00 bits per heavy atom. The van der Waals surface area contributed by atoms with Crippen LogP contribution in [0, 0.1) is 13.8 Å². The zero-order chi connectivity index (χ0) is 12.0. The fourth-order valence-corrected chi connectivity index (χ4v) is 1.63. The van der Waals surface area contributed by atoms with Crippen molar-refractivity contribution in [2.45, 2.75) is 26.7 Å². The number of amidine groups is 1. The maximum atomic E-state index is 8.38. The molecule has 0 fully saturated rings. The third-order valence-corrected chi connectivity index (χ3v) is 2.52. The van der Waals surface area contributed by atoms with Gasteiger partial charge in [-0.2, -0.15) is 0 Å². The summed E-state index contributed by atoms with van der Waals surface area (Å²) in [7, 11) is 0. The first-order valence-corrected chi connectivity index (χ1v) is 5.41. The summed E-state index contributed by atoms with van der Waals surface area (Å²) in [6.07, 6.45) is 1.46. The standard InChI is InChI=1S/C12H19N3O/c1-9-5-3-6-10(2)12(9)14-8-4-7-11(13)15-16/h3,5-6,14,16H,4,7-8H2,1-2H3,(H2,13,15). The van der Waals surface area contributed by atoms with Crippen LogP contribution in [-0.4, -0.2) is 17.6 Å². The maximum absolute atomic E-state index is 8.38. The summed E-state index contributed by atoms with van der Waals surface area (Å²) in [6, 6.07) is 6.21. The molecule has 0 aliphatic carbocycles. The van der Waals surface area contributed by atoms with Crippen LogP contribution in [0.25, 0.3) is 0 Å². The molecule has 0 heterocycles. The fraction of sp³-hybridized carbons (Fsp3) is 0.417. The largest absolute Gasteiger partial charge is 0.409 e. The normalized spacial score (nSPS) is 11.5. The van der Waals surface area contributed by atoms with Crippen molar-refractivity contribution < 1.29 is 5.21 Å². The molecule has 0 saturated heterocycles. The van der Waals surface area contributed by atoms with Crippen molar-refractivity contribution >= 4 is 11.5 Å². The van der Waals surface area contributed by atoms with Crippen LogP contribution in [0.15, 0.2) is 23.4 Å². The van der Waals surface area contributed by atoms with Gasteiger partial charge in [-0.05, 0) is 31.4 Å². The van der Waals surface area contributed by atoms with Gasteiger partial charge in [0, 0.05) is 18.7 Å². The molecule has 1 rings (SSSR count). The monoisotopic (exact) mass is 221 g/mol. The molecule has 16 heavy (non-hydrogen) atoms. The molecule has 0 bridgehead atoms. The lowest BCUT2D eigenvalue weighted by Crippen LogP contribution is -2.14. The van der Waals surface area contributed by atoms with Crippen LogP contribution < -0.4 is 11.1 Å². The highest BCUT2D eigenvalue weighted by atomic mass is 16.4. The minimum atomic E-state index is 0.281. The van der Waals surface area contributed by atoms with Gasteiger partial charge in [-0.3, -0.25) is 0 Å². The number of hydrogen-bond donors (Lipinski definition) is 3. The lowest BCUT2D eigenvalue weighted by Gasteiger charge is -2.12. The van der Waals surface area contributed by atoms with Crippen molar-refractivity contribution in [3.8, 4) is 0 Å². The Morgan fingerprint density at radius 3 is 2.56 bits per heavy atom. The van der Waals surface area contributed by atoms with E-state index in [1.54, 1.807) is 0 Å². The molecule has 0 saturated carbocycles. The van der Waals surface area contributed by atoms with E-state index in [-0.39, 0.29) is 5.84 Å². The Morgan fingerprint density at radius 1 is 1.38 bits per heavy atom. The van der Waals surface area contributed by atoms with E-state index in [9.17, 15) is 0 Å². The molecular weight excluding hydrogens is 202 g/mol. The quantitative estimate of drug-likeness (QED) is 0.235. The Hall–Kier alpha value is -1.71. The number of aryl methyl sites for hydroxylation is 2. The smallest absolute Gasteiger partial charge is 0.139 e. The minimum absolute atomic E-state index is 0.281. The van der Waals surface area contributed by atoms with Gasteiger partial charge in [0.2, 0.25) is 0 Å². The van der Waals surface area contributed by atoms with Gasteiger partial charge < -0.3 is 16.3 Å². The van der Waals surface area contributed by atoms with Gasteiger partial charge in [0.25, 0.3) is 0 Å². The number of anilines is 1. The number of nitrogens with zero attached hydrogens (tertiary/aromatic N) is 1. The molecule has 0 aromatic heterocycles. The molecule has 0 atom stereocenters. The van der Waals surface area contributed by atoms with Crippen molar-refractivity contribution in [3.05, 3.63) is 29.3 Å². The number of rotatable bonds is 5. The molecule has 0 aliphatic rings. The molecule has 4 N–H and O–H groups in total. The van der Waals surface area contributed by atoms with E-state index in [1.807, 2.05) is 6.07 Å². The van der Waals surface area contributed by atoms with E-state index in [4.69, 9.17) is 10.9 Å². The molecule has 0 amide bonds. The van der Waals surface area contributed by atoms with Crippen LogP contribution in [-0.2, 0) is 0 Å². The molecule has 4 heteroatoms. The molecule has 0 radical (unpaired) electrons. The lowest BCUT2D eigenvalue weighted by molar-refractivity contribution is 0.316. The van der Waals surface area contributed by atoms with E-state index in [2.05, 4.69) is 36.5 Å². The molecule has 0 aliphatic heterocycles. The number of nitrogens with one attached hydrogen (secondary N) is 1. The van der Waals surface area contributed by atoms with Crippen molar-refractivity contribution in [2.24, 2.45) is 10.9 Å². The van der Waals surface area contributed by atoms with Crippen molar-refractivity contribution in [3.63, 3.8) is 0 Å². The van der Waals surface area contributed by atoms with E-state index in [1.165, 1.54) is 16.8 Å². The Balaban J connectivity index is 2.43. The highest BCUT2D eigenvalue weighted by molar-refractivity contribution is 5.79. The Bertz CT molecular complexity index is 354. The average molecular weight is 221 g/mol. The van der Waals surface area contributed by atoms with Gasteiger partial charge in [0.1, 0.15) is 5.84 Å². The van der Waals surface area contributed by atoms with Crippen LogP contribution in [0.2, 0.25) is 0 Å². The summed E-state index contributed by atoms with van der Waals surface area (Å²) in [4.78, 5) is 0.